The van der Waals surface area contributed by atoms with E-state index in [4.69, 9.17) is 10.3 Å². The third-order valence-corrected chi connectivity index (χ3v) is 3.56. The van der Waals surface area contributed by atoms with Crippen LogP contribution in [0.1, 0.15) is 17.0 Å². The molecule has 1 aromatic heterocycles. The summed E-state index contributed by atoms with van der Waals surface area (Å²) in [5.74, 6) is 1.19. The van der Waals surface area contributed by atoms with E-state index >= 15 is 0 Å². The number of nitrogen functional groups attached to an aromatic ring is 1. The highest BCUT2D eigenvalue weighted by Crippen LogP contribution is 2.30. The van der Waals surface area contributed by atoms with Gasteiger partial charge in [-0.05, 0) is 54.3 Å². The van der Waals surface area contributed by atoms with Crippen molar-refractivity contribution in [3.63, 3.8) is 0 Å². The fraction of sp³-hybridized carbons (Fsp3) is 0.176. The molecule has 21 heavy (non-hydrogen) atoms. The molecule has 2 aromatic carbocycles. The number of nitrogens with two attached hydrogens (primary N) is 1. The minimum absolute atomic E-state index is 0.568. The van der Waals surface area contributed by atoms with Gasteiger partial charge >= 0.3 is 0 Å². The van der Waals surface area contributed by atoms with Crippen LogP contribution in [0.4, 0.5) is 5.69 Å². The van der Waals surface area contributed by atoms with Crippen molar-refractivity contribution in [3.8, 4) is 22.5 Å². The zero-order chi connectivity index (χ0) is 15.0. The first-order valence-electron chi connectivity index (χ1n) is 6.82. The molecule has 0 unspecified atom stereocenters. The average Bonchev–Trinajstić information content (AvgIpc) is 2.88. The van der Waals surface area contributed by atoms with Gasteiger partial charge in [-0.2, -0.15) is 4.98 Å². The van der Waals surface area contributed by atoms with E-state index in [9.17, 15) is 0 Å². The first kappa shape index (κ1) is 13.4. The third kappa shape index (κ3) is 2.52. The van der Waals surface area contributed by atoms with Crippen molar-refractivity contribution in [1.29, 1.82) is 0 Å². The molecule has 0 amide bonds. The maximum Gasteiger partial charge on any atom is 0.223 e. The van der Waals surface area contributed by atoms with Crippen molar-refractivity contribution in [2.75, 3.05) is 5.73 Å². The Balaban J connectivity index is 2.08. The van der Waals surface area contributed by atoms with E-state index < -0.39 is 0 Å². The Kier molecular flexibility index (Phi) is 3.22. The smallest absolute Gasteiger partial charge is 0.223 e. The lowest BCUT2D eigenvalue weighted by Gasteiger charge is -2.11. The lowest BCUT2D eigenvalue weighted by molar-refractivity contribution is 0.394. The van der Waals surface area contributed by atoms with Gasteiger partial charge in [-0.1, -0.05) is 23.4 Å². The summed E-state index contributed by atoms with van der Waals surface area (Å²) in [5, 5.41) is 3.96. The summed E-state index contributed by atoms with van der Waals surface area (Å²) >= 11 is 0. The minimum Gasteiger partial charge on any atom is -0.399 e. The Morgan fingerprint density at radius 2 is 1.71 bits per heavy atom. The Bertz CT molecular complexity index is 806. The fourth-order valence-electron chi connectivity index (χ4n) is 2.45. The number of anilines is 1. The summed E-state index contributed by atoms with van der Waals surface area (Å²) in [6.07, 6.45) is 0. The van der Waals surface area contributed by atoms with E-state index in [1.54, 1.807) is 6.92 Å². The molecule has 1 heterocycles. The summed E-state index contributed by atoms with van der Waals surface area (Å²) in [7, 11) is 0. The van der Waals surface area contributed by atoms with Crippen molar-refractivity contribution in [1.82, 2.24) is 10.1 Å². The van der Waals surface area contributed by atoms with E-state index in [0.29, 0.717) is 11.7 Å². The molecular formula is C17H17N3O. The molecule has 0 aliphatic heterocycles. The van der Waals surface area contributed by atoms with Crippen LogP contribution >= 0.6 is 0 Å². The van der Waals surface area contributed by atoms with Crippen LogP contribution in [-0.4, -0.2) is 10.1 Å². The molecule has 3 rings (SSSR count). The zero-order valence-electron chi connectivity index (χ0n) is 12.3. The predicted octanol–water partition coefficient (Wildman–Crippen LogP) is 3.91. The quantitative estimate of drug-likeness (QED) is 0.722. The molecule has 2 N–H and O–H groups in total. The second-order valence-electron chi connectivity index (χ2n) is 5.24. The molecule has 3 aromatic rings. The lowest BCUT2D eigenvalue weighted by atomic mass is 9.94. The summed E-state index contributed by atoms with van der Waals surface area (Å²) in [6, 6.07) is 12.1. The van der Waals surface area contributed by atoms with E-state index in [2.05, 4.69) is 36.1 Å². The number of hydrogen-bond acceptors (Lipinski definition) is 4. The molecule has 0 fully saturated rings. The van der Waals surface area contributed by atoms with Gasteiger partial charge in [0.15, 0.2) is 0 Å². The van der Waals surface area contributed by atoms with Crippen molar-refractivity contribution in [3.05, 3.63) is 53.4 Å². The predicted molar refractivity (Wildman–Crippen MR) is 83.8 cm³/mol. The van der Waals surface area contributed by atoms with Gasteiger partial charge in [0.1, 0.15) is 0 Å². The molecule has 0 bridgehead atoms. The number of aryl methyl sites for hydroxylation is 3. The Morgan fingerprint density at radius 3 is 2.38 bits per heavy atom. The fourth-order valence-corrected chi connectivity index (χ4v) is 2.45. The first-order chi connectivity index (χ1) is 10.0. The molecule has 4 heteroatoms. The monoisotopic (exact) mass is 279 g/mol. The standard InChI is InChI=1S/C17H17N3O/c1-10-4-6-14(18)9-16(10)15-7-5-13(8-11(15)2)17-19-12(3)21-20-17/h4-9H,18H2,1-3H3. The maximum absolute atomic E-state index is 5.91. The number of nitrogens with zero attached hydrogens (tertiary/aromatic N) is 2. The lowest BCUT2D eigenvalue weighted by Crippen LogP contribution is -1.92. The molecule has 0 aliphatic carbocycles. The summed E-state index contributed by atoms with van der Waals surface area (Å²) in [4.78, 5) is 4.26. The maximum atomic E-state index is 5.91. The number of rotatable bonds is 2. The van der Waals surface area contributed by atoms with E-state index in [0.717, 1.165) is 22.4 Å². The van der Waals surface area contributed by atoms with Crippen molar-refractivity contribution in [2.24, 2.45) is 0 Å². The van der Waals surface area contributed by atoms with Gasteiger partial charge in [0.05, 0.1) is 0 Å². The van der Waals surface area contributed by atoms with Gasteiger partial charge in [0, 0.05) is 18.2 Å². The number of aromatic nitrogens is 2. The third-order valence-electron chi connectivity index (χ3n) is 3.56. The number of benzene rings is 2. The Labute approximate surface area is 123 Å². The van der Waals surface area contributed by atoms with Gasteiger partial charge in [0.25, 0.3) is 0 Å². The minimum atomic E-state index is 0.568. The van der Waals surface area contributed by atoms with Gasteiger partial charge in [-0.15, -0.1) is 0 Å². The van der Waals surface area contributed by atoms with E-state index in [1.807, 2.05) is 24.3 Å². The van der Waals surface area contributed by atoms with Crippen LogP contribution in [0, 0.1) is 20.8 Å². The second-order valence-corrected chi connectivity index (χ2v) is 5.24. The van der Waals surface area contributed by atoms with E-state index in [1.165, 1.54) is 11.1 Å². The molecule has 106 valence electrons. The highest BCUT2D eigenvalue weighted by atomic mass is 16.5. The average molecular weight is 279 g/mol. The molecule has 0 saturated heterocycles. The van der Waals surface area contributed by atoms with Crippen LogP contribution in [0.15, 0.2) is 40.9 Å². The molecule has 0 atom stereocenters. The Morgan fingerprint density at radius 1 is 0.905 bits per heavy atom. The van der Waals surface area contributed by atoms with Gasteiger partial charge in [-0.25, -0.2) is 0 Å². The normalized spacial score (nSPS) is 10.8. The molecule has 4 nitrogen and oxygen atoms in total. The van der Waals surface area contributed by atoms with Crippen LogP contribution in [0.2, 0.25) is 0 Å². The molecule has 0 spiro atoms. The molecular weight excluding hydrogens is 262 g/mol. The van der Waals surface area contributed by atoms with Crippen LogP contribution in [0.5, 0.6) is 0 Å². The zero-order valence-corrected chi connectivity index (χ0v) is 12.3. The van der Waals surface area contributed by atoms with Crippen LogP contribution < -0.4 is 5.73 Å². The molecule has 0 saturated carbocycles. The molecule has 0 radical (unpaired) electrons. The van der Waals surface area contributed by atoms with Crippen LogP contribution in [-0.2, 0) is 0 Å². The van der Waals surface area contributed by atoms with Gasteiger partial charge in [-0.3, -0.25) is 0 Å². The van der Waals surface area contributed by atoms with Crippen molar-refractivity contribution < 1.29 is 4.52 Å². The van der Waals surface area contributed by atoms with Gasteiger partial charge in [0.2, 0.25) is 11.7 Å². The van der Waals surface area contributed by atoms with Crippen LogP contribution in [0.25, 0.3) is 22.5 Å². The SMILES string of the molecule is Cc1nc(-c2ccc(-c3cc(N)ccc3C)c(C)c2)no1. The molecule has 0 aliphatic rings. The van der Waals surface area contributed by atoms with Crippen molar-refractivity contribution in [2.45, 2.75) is 20.8 Å². The highest BCUT2D eigenvalue weighted by molar-refractivity contribution is 5.75. The number of hydrogen-bond donors (Lipinski definition) is 1. The summed E-state index contributed by atoms with van der Waals surface area (Å²) in [6.45, 7) is 5.95. The summed E-state index contributed by atoms with van der Waals surface area (Å²) < 4.78 is 5.03. The topological polar surface area (TPSA) is 64.9 Å². The second kappa shape index (κ2) is 5.05. The largest absolute Gasteiger partial charge is 0.399 e. The highest BCUT2D eigenvalue weighted by Gasteiger charge is 2.10. The van der Waals surface area contributed by atoms with Crippen molar-refractivity contribution >= 4 is 5.69 Å². The summed E-state index contributed by atoms with van der Waals surface area (Å²) in [5.41, 5.74) is 12.3. The van der Waals surface area contributed by atoms with Gasteiger partial charge < -0.3 is 10.3 Å². The van der Waals surface area contributed by atoms with Crippen LogP contribution in [0.3, 0.4) is 0 Å². The first-order valence-corrected chi connectivity index (χ1v) is 6.82. The Hall–Kier alpha value is -2.62. The van der Waals surface area contributed by atoms with E-state index in [-0.39, 0.29) is 0 Å².